The van der Waals surface area contributed by atoms with E-state index in [-0.39, 0.29) is 18.9 Å². The van der Waals surface area contributed by atoms with Crippen LogP contribution in [-0.4, -0.2) is 35.7 Å². The van der Waals surface area contributed by atoms with Crippen molar-refractivity contribution < 1.29 is 24.2 Å². The molecule has 0 saturated heterocycles. The summed E-state index contributed by atoms with van der Waals surface area (Å²) in [4.78, 5) is 36.8. The predicted octanol–water partition coefficient (Wildman–Crippen LogP) is 4.64. The standard InChI is InChI=1S/C28H28N2O5/c1-2-19(16-25(31)30-26(27(32)33)18-10-4-3-5-11-18)29-28(34)35-17-24-22-14-8-6-12-20(22)21-13-7-9-15-23(21)24/h3-15,19,24,26H,2,16-17H2,1H3,(H,29,34)(H,30,31)(H,32,33)/t19?,26-/m0/s1. The molecule has 1 aliphatic carbocycles. The van der Waals surface area contributed by atoms with E-state index in [4.69, 9.17) is 4.74 Å². The number of benzene rings is 3. The van der Waals surface area contributed by atoms with Gasteiger partial charge in [0.2, 0.25) is 5.91 Å². The van der Waals surface area contributed by atoms with Crippen LogP contribution in [0.1, 0.15) is 48.4 Å². The van der Waals surface area contributed by atoms with Crippen LogP contribution in [-0.2, 0) is 14.3 Å². The molecule has 0 aliphatic heterocycles. The molecule has 35 heavy (non-hydrogen) atoms. The summed E-state index contributed by atoms with van der Waals surface area (Å²) in [5.74, 6) is -1.67. The molecular formula is C28H28N2O5. The van der Waals surface area contributed by atoms with Crippen LogP contribution in [0.3, 0.4) is 0 Å². The van der Waals surface area contributed by atoms with Crippen molar-refractivity contribution in [3.8, 4) is 11.1 Å². The first-order valence-electron chi connectivity index (χ1n) is 11.7. The van der Waals surface area contributed by atoms with E-state index in [9.17, 15) is 19.5 Å². The van der Waals surface area contributed by atoms with Crippen molar-refractivity contribution in [2.24, 2.45) is 0 Å². The molecule has 0 fully saturated rings. The molecule has 2 amide bonds. The van der Waals surface area contributed by atoms with Gasteiger partial charge in [0.15, 0.2) is 6.04 Å². The molecule has 0 spiro atoms. The van der Waals surface area contributed by atoms with Crippen LogP contribution in [0.4, 0.5) is 4.79 Å². The number of carbonyl (C=O) groups excluding carboxylic acids is 2. The van der Waals surface area contributed by atoms with E-state index < -0.39 is 30.1 Å². The van der Waals surface area contributed by atoms with Crippen LogP contribution < -0.4 is 10.6 Å². The molecule has 3 aromatic carbocycles. The average Bonchev–Trinajstić information content (AvgIpc) is 3.19. The van der Waals surface area contributed by atoms with E-state index in [0.29, 0.717) is 12.0 Å². The third kappa shape index (κ3) is 5.51. The van der Waals surface area contributed by atoms with Crippen LogP contribution in [0.25, 0.3) is 11.1 Å². The number of rotatable bonds is 9. The molecule has 1 aliphatic rings. The highest BCUT2D eigenvalue weighted by molar-refractivity contribution is 5.85. The van der Waals surface area contributed by atoms with Gasteiger partial charge in [0.05, 0.1) is 0 Å². The Kier molecular flexibility index (Phi) is 7.45. The van der Waals surface area contributed by atoms with Gasteiger partial charge >= 0.3 is 12.1 Å². The highest BCUT2D eigenvalue weighted by atomic mass is 16.5. The average molecular weight is 473 g/mol. The Balaban J connectivity index is 1.34. The number of carbonyl (C=O) groups is 3. The van der Waals surface area contributed by atoms with Gasteiger partial charge in [-0.15, -0.1) is 0 Å². The number of nitrogens with one attached hydrogen (secondary N) is 2. The van der Waals surface area contributed by atoms with E-state index in [1.165, 1.54) is 0 Å². The Morgan fingerprint density at radius 1 is 0.857 bits per heavy atom. The zero-order valence-corrected chi connectivity index (χ0v) is 19.4. The lowest BCUT2D eigenvalue weighted by atomic mass is 9.98. The van der Waals surface area contributed by atoms with E-state index in [0.717, 1.165) is 22.3 Å². The maximum absolute atomic E-state index is 12.6. The topological polar surface area (TPSA) is 105 Å². The number of amides is 2. The minimum Gasteiger partial charge on any atom is -0.479 e. The third-order valence-electron chi connectivity index (χ3n) is 6.28. The smallest absolute Gasteiger partial charge is 0.407 e. The molecule has 3 N–H and O–H groups in total. The zero-order valence-electron chi connectivity index (χ0n) is 19.4. The fourth-order valence-corrected chi connectivity index (χ4v) is 4.48. The van der Waals surface area contributed by atoms with E-state index in [1.807, 2.05) is 43.3 Å². The molecule has 180 valence electrons. The zero-order chi connectivity index (χ0) is 24.8. The molecule has 7 heteroatoms. The van der Waals surface area contributed by atoms with Crippen molar-refractivity contribution in [2.45, 2.75) is 37.8 Å². The van der Waals surface area contributed by atoms with Crippen molar-refractivity contribution >= 4 is 18.0 Å². The minimum absolute atomic E-state index is 0.0567. The maximum atomic E-state index is 12.6. The van der Waals surface area contributed by atoms with Gasteiger partial charge in [-0.25, -0.2) is 9.59 Å². The molecule has 4 rings (SSSR count). The number of aliphatic carboxylic acids is 1. The first-order valence-corrected chi connectivity index (χ1v) is 11.7. The van der Waals surface area contributed by atoms with E-state index in [1.54, 1.807) is 30.3 Å². The van der Waals surface area contributed by atoms with Crippen LogP contribution in [0, 0.1) is 0 Å². The second-order valence-electron chi connectivity index (χ2n) is 8.53. The molecular weight excluding hydrogens is 444 g/mol. The largest absolute Gasteiger partial charge is 0.479 e. The maximum Gasteiger partial charge on any atom is 0.407 e. The number of alkyl carbamates (subject to hydrolysis) is 1. The Hall–Kier alpha value is -4.13. The van der Waals surface area contributed by atoms with Crippen molar-refractivity contribution in [2.75, 3.05) is 6.61 Å². The molecule has 0 bridgehead atoms. The highest BCUT2D eigenvalue weighted by Crippen LogP contribution is 2.44. The summed E-state index contributed by atoms with van der Waals surface area (Å²) in [6, 6.07) is 23.0. The fraction of sp³-hybridized carbons (Fsp3) is 0.250. The molecule has 0 saturated carbocycles. The predicted molar refractivity (Wildman–Crippen MR) is 132 cm³/mol. The molecule has 0 radical (unpaired) electrons. The number of hydrogen-bond acceptors (Lipinski definition) is 4. The fourth-order valence-electron chi connectivity index (χ4n) is 4.48. The monoisotopic (exact) mass is 472 g/mol. The van der Waals surface area contributed by atoms with Crippen LogP contribution >= 0.6 is 0 Å². The summed E-state index contributed by atoms with van der Waals surface area (Å²) < 4.78 is 5.57. The quantitative estimate of drug-likeness (QED) is 0.421. The first kappa shape index (κ1) is 24.0. The van der Waals surface area contributed by atoms with Crippen molar-refractivity contribution in [3.63, 3.8) is 0 Å². The molecule has 3 aromatic rings. The second-order valence-corrected chi connectivity index (χ2v) is 8.53. The van der Waals surface area contributed by atoms with Gasteiger partial charge in [-0.2, -0.15) is 0 Å². The SMILES string of the molecule is CCC(CC(=O)N[C@H](C(=O)O)c1ccccc1)NC(=O)OCC1c2ccccc2-c2ccccc21. The second kappa shape index (κ2) is 10.9. The summed E-state index contributed by atoms with van der Waals surface area (Å²) >= 11 is 0. The Morgan fingerprint density at radius 2 is 1.43 bits per heavy atom. The minimum atomic E-state index is -1.16. The lowest BCUT2D eigenvalue weighted by molar-refractivity contribution is -0.142. The van der Waals surface area contributed by atoms with Gasteiger partial charge in [0.25, 0.3) is 0 Å². The Morgan fingerprint density at radius 3 is 2.00 bits per heavy atom. The van der Waals surface area contributed by atoms with Gasteiger partial charge in [-0.1, -0.05) is 85.8 Å². The van der Waals surface area contributed by atoms with E-state index in [2.05, 4.69) is 22.8 Å². The van der Waals surface area contributed by atoms with Gasteiger partial charge in [0.1, 0.15) is 6.61 Å². The summed E-state index contributed by atoms with van der Waals surface area (Å²) in [6.45, 7) is 2.02. The van der Waals surface area contributed by atoms with Crippen molar-refractivity contribution in [3.05, 3.63) is 95.6 Å². The highest BCUT2D eigenvalue weighted by Gasteiger charge is 2.29. The van der Waals surface area contributed by atoms with Gasteiger partial charge in [-0.05, 0) is 34.2 Å². The number of ether oxygens (including phenoxy) is 1. The normalized spacial score (nSPS) is 13.7. The Bertz CT molecular complexity index is 1170. The lowest BCUT2D eigenvalue weighted by Crippen LogP contribution is -2.41. The number of hydrogen-bond donors (Lipinski definition) is 3. The number of fused-ring (bicyclic) bond motifs is 3. The summed E-state index contributed by atoms with van der Waals surface area (Å²) in [7, 11) is 0. The van der Waals surface area contributed by atoms with Gasteiger partial charge in [-0.3, -0.25) is 4.79 Å². The Labute approximate surface area is 204 Å². The molecule has 0 heterocycles. The van der Waals surface area contributed by atoms with E-state index >= 15 is 0 Å². The number of carboxylic acids is 1. The summed E-state index contributed by atoms with van der Waals surface area (Å²) in [5, 5.41) is 14.8. The summed E-state index contributed by atoms with van der Waals surface area (Å²) in [5.41, 5.74) is 5.01. The molecule has 1 unspecified atom stereocenters. The van der Waals surface area contributed by atoms with Crippen LogP contribution in [0.5, 0.6) is 0 Å². The van der Waals surface area contributed by atoms with Gasteiger partial charge < -0.3 is 20.5 Å². The van der Waals surface area contributed by atoms with Gasteiger partial charge in [0, 0.05) is 18.4 Å². The van der Waals surface area contributed by atoms with Crippen LogP contribution in [0.2, 0.25) is 0 Å². The third-order valence-corrected chi connectivity index (χ3v) is 6.28. The lowest BCUT2D eigenvalue weighted by Gasteiger charge is -2.20. The molecule has 7 nitrogen and oxygen atoms in total. The molecule has 0 aromatic heterocycles. The first-order chi connectivity index (χ1) is 17.0. The molecule has 2 atom stereocenters. The van der Waals surface area contributed by atoms with Crippen molar-refractivity contribution in [1.29, 1.82) is 0 Å². The van der Waals surface area contributed by atoms with Crippen molar-refractivity contribution in [1.82, 2.24) is 10.6 Å². The summed E-state index contributed by atoms with van der Waals surface area (Å²) in [6.07, 6.45) is -0.179. The van der Waals surface area contributed by atoms with Crippen LogP contribution in [0.15, 0.2) is 78.9 Å². The number of carboxylic acid groups (broad SMARTS) is 1.